The molecule has 5 heteroatoms. The summed E-state index contributed by atoms with van der Waals surface area (Å²) in [5, 5.41) is 7.68. The third-order valence-electron chi connectivity index (χ3n) is 2.71. The van der Waals surface area contributed by atoms with Crippen molar-refractivity contribution in [1.82, 2.24) is 9.78 Å². The van der Waals surface area contributed by atoms with Crippen LogP contribution >= 0.6 is 0 Å². The third kappa shape index (κ3) is 3.36. The molecule has 0 radical (unpaired) electrons. The van der Waals surface area contributed by atoms with Crippen LogP contribution in [0.2, 0.25) is 0 Å². The van der Waals surface area contributed by atoms with E-state index >= 15 is 0 Å². The molecule has 0 saturated carbocycles. The lowest BCUT2D eigenvalue weighted by molar-refractivity contribution is 0.000614. The van der Waals surface area contributed by atoms with Crippen molar-refractivity contribution >= 4 is 11.5 Å². The van der Waals surface area contributed by atoms with Gasteiger partial charge in [-0.1, -0.05) is 6.92 Å². The van der Waals surface area contributed by atoms with Gasteiger partial charge in [-0.2, -0.15) is 5.10 Å². The van der Waals surface area contributed by atoms with Crippen molar-refractivity contribution in [1.29, 1.82) is 0 Å². The van der Waals surface area contributed by atoms with E-state index in [0.29, 0.717) is 13.2 Å². The summed E-state index contributed by atoms with van der Waals surface area (Å²) in [6.07, 6.45) is 0.843. The van der Waals surface area contributed by atoms with Gasteiger partial charge in [0.25, 0.3) is 0 Å². The molecule has 0 aliphatic carbocycles. The number of aryl methyl sites for hydroxylation is 2. The Balaban J connectivity index is 2.72. The molecular formula is C12H24N4O. The second-order valence-corrected chi connectivity index (χ2v) is 4.73. The Bertz CT molecular complexity index is 371. The van der Waals surface area contributed by atoms with Crippen LogP contribution in [0.4, 0.5) is 11.5 Å². The van der Waals surface area contributed by atoms with Crippen LogP contribution in [0.25, 0.3) is 0 Å². The minimum absolute atomic E-state index is 0.210. The van der Waals surface area contributed by atoms with Gasteiger partial charge < -0.3 is 15.8 Å². The summed E-state index contributed by atoms with van der Waals surface area (Å²) in [7, 11) is 1.89. The zero-order valence-electron chi connectivity index (χ0n) is 11.5. The molecule has 0 saturated heterocycles. The first kappa shape index (κ1) is 13.8. The lowest BCUT2D eigenvalue weighted by Crippen LogP contribution is -2.34. The van der Waals surface area contributed by atoms with Gasteiger partial charge in [0.05, 0.1) is 17.0 Å². The van der Waals surface area contributed by atoms with E-state index in [-0.39, 0.29) is 5.60 Å². The van der Waals surface area contributed by atoms with E-state index in [4.69, 9.17) is 10.5 Å². The van der Waals surface area contributed by atoms with Crippen LogP contribution in [0, 0.1) is 0 Å². The second-order valence-electron chi connectivity index (χ2n) is 4.73. The molecule has 5 nitrogen and oxygen atoms in total. The predicted molar refractivity (Wildman–Crippen MR) is 71.2 cm³/mol. The maximum atomic E-state index is 6.03. The second kappa shape index (κ2) is 5.40. The van der Waals surface area contributed by atoms with Gasteiger partial charge in [0.15, 0.2) is 0 Å². The predicted octanol–water partition coefficient (Wildman–Crippen LogP) is 1.79. The molecule has 0 aliphatic heterocycles. The van der Waals surface area contributed by atoms with Crippen molar-refractivity contribution in [3.63, 3.8) is 0 Å². The maximum Gasteiger partial charge on any atom is 0.147 e. The van der Waals surface area contributed by atoms with E-state index in [1.807, 2.05) is 20.9 Å². The van der Waals surface area contributed by atoms with Crippen molar-refractivity contribution < 1.29 is 4.74 Å². The molecule has 0 atom stereocenters. The average Bonchev–Trinajstić information content (AvgIpc) is 2.51. The molecule has 98 valence electrons. The van der Waals surface area contributed by atoms with Crippen LogP contribution < -0.4 is 11.1 Å². The molecule has 0 amide bonds. The number of anilines is 2. The van der Waals surface area contributed by atoms with Crippen molar-refractivity contribution in [3.05, 3.63) is 5.69 Å². The zero-order chi connectivity index (χ0) is 13.1. The fraction of sp³-hybridized carbons (Fsp3) is 0.750. The molecular weight excluding hydrogens is 216 g/mol. The van der Waals surface area contributed by atoms with E-state index in [1.165, 1.54) is 0 Å². The summed E-state index contributed by atoms with van der Waals surface area (Å²) in [4.78, 5) is 0. The SMILES string of the molecule is CCOC(C)(C)CNc1c(N)c(CC)nn1C. The minimum Gasteiger partial charge on any atom is -0.394 e. The molecule has 0 spiro atoms. The standard InChI is InChI=1S/C12H24N4O/c1-6-9-10(13)11(16(5)15-9)14-8-12(3,4)17-7-2/h14H,6-8,13H2,1-5H3. The van der Waals surface area contributed by atoms with Crippen LogP contribution in [-0.4, -0.2) is 28.5 Å². The van der Waals surface area contributed by atoms with E-state index in [9.17, 15) is 0 Å². The van der Waals surface area contributed by atoms with Crippen molar-refractivity contribution in [2.75, 3.05) is 24.2 Å². The van der Waals surface area contributed by atoms with Crippen LogP contribution in [0.15, 0.2) is 0 Å². The molecule has 1 heterocycles. The Kier molecular flexibility index (Phi) is 4.40. The molecule has 0 aromatic carbocycles. The largest absolute Gasteiger partial charge is 0.394 e. The number of nitrogens with zero attached hydrogens (tertiary/aromatic N) is 2. The number of nitrogens with two attached hydrogens (primary N) is 1. The Hall–Kier alpha value is -1.23. The van der Waals surface area contributed by atoms with E-state index in [2.05, 4.69) is 24.3 Å². The molecule has 0 bridgehead atoms. The molecule has 1 aromatic rings. The van der Waals surface area contributed by atoms with Crippen molar-refractivity contribution in [2.24, 2.45) is 7.05 Å². The lowest BCUT2D eigenvalue weighted by Gasteiger charge is -2.25. The third-order valence-corrected chi connectivity index (χ3v) is 2.71. The number of aromatic nitrogens is 2. The fourth-order valence-corrected chi connectivity index (χ4v) is 1.81. The first-order valence-corrected chi connectivity index (χ1v) is 6.10. The molecule has 1 rings (SSSR count). The number of hydrogen-bond donors (Lipinski definition) is 2. The Morgan fingerprint density at radius 3 is 2.53 bits per heavy atom. The summed E-state index contributed by atoms with van der Waals surface area (Å²) in [6, 6.07) is 0. The van der Waals surface area contributed by atoms with Gasteiger partial charge in [-0.15, -0.1) is 0 Å². The molecule has 0 unspecified atom stereocenters. The Labute approximate surface area is 103 Å². The average molecular weight is 240 g/mol. The summed E-state index contributed by atoms with van der Waals surface area (Å²) in [6.45, 7) is 9.55. The van der Waals surface area contributed by atoms with Gasteiger partial charge in [-0.05, 0) is 27.2 Å². The van der Waals surface area contributed by atoms with Crippen LogP contribution in [0.3, 0.4) is 0 Å². The Morgan fingerprint density at radius 2 is 2.06 bits per heavy atom. The normalized spacial score (nSPS) is 11.8. The molecule has 0 fully saturated rings. The smallest absolute Gasteiger partial charge is 0.147 e. The fourth-order valence-electron chi connectivity index (χ4n) is 1.81. The van der Waals surface area contributed by atoms with E-state index < -0.39 is 0 Å². The van der Waals surface area contributed by atoms with Gasteiger partial charge >= 0.3 is 0 Å². The van der Waals surface area contributed by atoms with Gasteiger partial charge in [-0.3, -0.25) is 4.68 Å². The molecule has 3 N–H and O–H groups in total. The van der Waals surface area contributed by atoms with Crippen LogP contribution in [-0.2, 0) is 18.2 Å². The minimum atomic E-state index is -0.210. The summed E-state index contributed by atoms with van der Waals surface area (Å²) in [5.74, 6) is 0.870. The summed E-state index contributed by atoms with van der Waals surface area (Å²) in [5.41, 5.74) is 7.49. The highest BCUT2D eigenvalue weighted by Crippen LogP contribution is 2.23. The number of nitrogens with one attached hydrogen (secondary N) is 1. The number of hydrogen-bond acceptors (Lipinski definition) is 4. The van der Waals surface area contributed by atoms with Crippen LogP contribution in [0.5, 0.6) is 0 Å². The molecule has 0 aliphatic rings. The highest BCUT2D eigenvalue weighted by atomic mass is 16.5. The first-order chi connectivity index (χ1) is 7.91. The van der Waals surface area contributed by atoms with Gasteiger partial charge in [0.2, 0.25) is 0 Å². The first-order valence-electron chi connectivity index (χ1n) is 6.10. The Morgan fingerprint density at radius 1 is 1.41 bits per heavy atom. The van der Waals surface area contributed by atoms with Crippen molar-refractivity contribution in [3.8, 4) is 0 Å². The molecule has 17 heavy (non-hydrogen) atoms. The zero-order valence-corrected chi connectivity index (χ0v) is 11.5. The monoisotopic (exact) mass is 240 g/mol. The van der Waals surface area contributed by atoms with E-state index in [0.717, 1.165) is 23.6 Å². The molecule has 1 aromatic heterocycles. The van der Waals surface area contributed by atoms with Gasteiger partial charge in [0.1, 0.15) is 5.82 Å². The van der Waals surface area contributed by atoms with Crippen molar-refractivity contribution in [2.45, 2.75) is 39.7 Å². The highest BCUT2D eigenvalue weighted by Gasteiger charge is 2.19. The van der Waals surface area contributed by atoms with Gasteiger partial charge in [0, 0.05) is 20.2 Å². The topological polar surface area (TPSA) is 65.1 Å². The summed E-state index contributed by atoms with van der Waals surface area (Å²) >= 11 is 0. The maximum absolute atomic E-state index is 6.03. The lowest BCUT2D eigenvalue weighted by atomic mass is 10.1. The summed E-state index contributed by atoms with van der Waals surface area (Å²) < 4.78 is 7.42. The van der Waals surface area contributed by atoms with Gasteiger partial charge in [-0.25, -0.2) is 0 Å². The number of nitrogen functional groups attached to an aromatic ring is 1. The van der Waals surface area contributed by atoms with Crippen LogP contribution in [0.1, 0.15) is 33.4 Å². The number of ether oxygens (including phenoxy) is 1. The highest BCUT2D eigenvalue weighted by molar-refractivity contribution is 5.65. The quantitative estimate of drug-likeness (QED) is 0.795. The van der Waals surface area contributed by atoms with E-state index in [1.54, 1.807) is 4.68 Å². The number of rotatable bonds is 6.